The summed E-state index contributed by atoms with van der Waals surface area (Å²) in [5, 5.41) is 2.84. The van der Waals surface area contributed by atoms with Crippen LogP contribution in [0, 0.1) is 11.8 Å². The lowest BCUT2D eigenvalue weighted by Gasteiger charge is -2.18. The van der Waals surface area contributed by atoms with Crippen molar-refractivity contribution >= 4 is 27.5 Å². The van der Waals surface area contributed by atoms with Crippen LogP contribution in [0.2, 0.25) is 0 Å². The molecule has 0 radical (unpaired) electrons. The third-order valence-electron chi connectivity index (χ3n) is 2.43. The Morgan fingerprint density at radius 2 is 2.31 bits per heavy atom. The smallest absolute Gasteiger partial charge is 0.229 e. The molecule has 1 aromatic heterocycles. The van der Waals surface area contributed by atoms with Crippen LogP contribution in [-0.4, -0.2) is 17.4 Å². The van der Waals surface area contributed by atoms with Crippen LogP contribution in [0.15, 0.2) is 22.9 Å². The van der Waals surface area contributed by atoms with Gasteiger partial charge in [0.15, 0.2) is 0 Å². The van der Waals surface area contributed by atoms with Crippen molar-refractivity contribution in [3.8, 4) is 0 Å². The molecule has 1 aromatic rings. The molecular formula is C11H16BrN3O. The van der Waals surface area contributed by atoms with E-state index in [0.29, 0.717) is 6.54 Å². The second kappa shape index (κ2) is 5.96. The predicted molar refractivity (Wildman–Crippen MR) is 67.9 cm³/mol. The molecule has 0 spiro atoms. The number of aromatic nitrogens is 1. The average molecular weight is 286 g/mol. The SMILES string of the molecule is CC(C)C(CN)C(=O)Nc1ccncc1Br. The third-order valence-corrected chi connectivity index (χ3v) is 3.06. The normalized spacial score (nSPS) is 12.6. The van der Waals surface area contributed by atoms with E-state index in [1.165, 1.54) is 0 Å². The molecule has 0 aromatic carbocycles. The molecule has 16 heavy (non-hydrogen) atoms. The van der Waals surface area contributed by atoms with E-state index < -0.39 is 0 Å². The molecule has 3 N–H and O–H groups in total. The summed E-state index contributed by atoms with van der Waals surface area (Å²) in [5.41, 5.74) is 6.30. The Balaban J connectivity index is 2.74. The Kier molecular flexibility index (Phi) is 4.89. The summed E-state index contributed by atoms with van der Waals surface area (Å²) < 4.78 is 0.767. The molecule has 0 fully saturated rings. The van der Waals surface area contributed by atoms with Crippen LogP contribution >= 0.6 is 15.9 Å². The Labute approximate surface area is 104 Å². The molecule has 4 nitrogen and oxygen atoms in total. The van der Waals surface area contributed by atoms with E-state index in [2.05, 4.69) is 26.2 Å². The number of carbonyl (C=O) groups excluding carboxylic acids is 1. The van der Waals surface area contributed by atoms with Crippen LogP contribution in [0.4, 0.5) is 5.69 Å². The zero-order chi connectivity index (χ0) is 12.1. The fourth-order valence-corrected chi connectivity index (χ4v) is 1.73. The van der Waals surface area contributed by atoms with Crippen LogP contribution in [0.3, 0.4) is 0 Å². The van der Waals surface area contributed by atoms with Crippen molar-refractivity contribution in [2.24, 2.45) is 17.6 Å². The van der Waals surface area contributed by atoms with Crippen LogP contribution in [0.5, 0.6) is 0 Å². The van der Waals surface area contributed by atoms with Gasteiger partial charge in [0.1, 0.15) is 0 Å². The Morgan fingerprint density at radius 1 is 1.62 bits per heavy atom. The molecule has 0 aliphatic heterocycles. The van der Waals surface area contributed by atoms with Gasteiger partial charge in [-0.05, 0) is 27.9 Å². The molecule has 0 aliphatic rings. The molecule has 88 valence electrons. The number of nitrogens with one attached hydrogen (secondary N) is 1. The molecule has 0 bridgehead atoms. The molecule has 1 rings (SSSR count). The third kappa shape index (κ3) is 3.28. The van der Waals surface area contributed by atoms with Crippen LogP contribution in [0.1, 0.15) is 13.8 Å². The summed E-state index contributed by atoms with van der Waals surface area (Å²) in [7, 11) is 0. The van der Waals surface area contributed by atoms with Gasteiger partial charge in [0.25, 0.3) is 0 Å². The van der Waals surface area contributed by atoms with Gasteiger partial charge < -0.3 is 11.1 Å². The van der Waals surface area contributed by atoms with Crippen molar-refractivity contribution in [3.05, 3.63) is 22.9 Å². The summed E-state index contributed by atoms with van der Waals surface area (Å²) >= 11 is 3.32. The maximum absolute atomic E-state index is 11.9. The van der Waals surface area contributed by atoms with E-state index in [-0.39, 0.29) is 17.7 Å². The maximum Gasteiger partial charge on any atom is 0.229 e. The Morgan fingerprint density at radius 3 is 2.81 bits per heavy atom. The Hall–Kier alpha value is -0.940. The number of nitrogens with zero attached hydrogens (tertiary/aromatic N) is 1. The van der Waals surface area contributed by atoms with Crippen molar-refractivity contribution in [2.45, 2.75) is 13.8 Å². The minimum absolute atomic E-state index is 0.0515. The molecule has 1 amide bonds. The minimum Gasteiger partial charge on any atom is -0.330 e. The fourth-order valence-electron chi connectivity index (χ4n) is 1.38. The molecule has 0 aliphatic carbocycles. The summed E-state index contributed by atoms with van der Waals surface area (Å²) in [6.07, 6.45) is 3.27. The van der Waals surface area contributed by atoms with E-state index in [1.807, 2.05) is 13.8 Å². The monoisotopic (exact) mass is 285 g/mol. The van der Waals surface area contributed by atoms with Crippen molar-refractivity contribution in [1.29, 1.82) is 0 Å². The number of hydrogen-bond acceptors (Lipinski definition) is 3. The second-order valence-corrected chi connectivity index (χ2v) is 4.79. The van der Waals surface area contributed by atoms with Crippen molar-refractivity contribution in [1.82, 2.24) is 4.98 Å². The number of rotatable bonds is 4. The summed E-state index contributed by atoms with van der Waals surface area (Å²) in [6.45, 7) is 4.32. The molecule has 5 heteroatoms. The molecule has 1 atom stereocenters. The highest BCUT2D eigenvalue weighted by atomic mass is 79.9. The lowest BCUT2D eigenvalue weighted by molar-refractivity contribution is -0.120. The van der Waals surface area contributed by atoms with E-state index in [9.17, 15) is 4.79 Å². The molecule has 0 saturated carbocycles. The first-order valence-corrected chi connectivity index (χ1v) is 5.96. The number of halogens is 1. The first kappa shape index (κ1) is 13.1. The van der Waals surface area contributed by atoms with Gasteiger partial charge in [-0.3, -0.25) is 9.78 Å². The largest absolute Gasteiger partial charge is 0.330 e. The number of amides is 1. The number of hydrogen-bond donors (Lipinski definition) is 2. The maximum atomic E-state index is 11.9. The fraction of sp³-hybridized carbons (Fsp3) is 0.455. The lowest BCUT2D eigenvalue weighted by Crippen LogP contribution is -2.33. The van der Waals surface area contributed by atoms with Gasteiger partial charge in [-0.1, -0.05) is 13.8 Å². The zero-order valence-corrected chi connectivity index (χ0v) is 11.0. The van der Waals surface area contributed by atoms with Gasteiger partial charge >= 0.3 is 0 Å². The van der Waals surface area contributed by atoms with E-state index >= 15 is 0 Å². The summed E-state index contributed by atoms with van der Waals surface area (Å²) in [5.74, 6) is 0.00933. The summed E-state index contributed by atoms with van der Waals surface area (Å²) in [6, 6.07) is 1.75. The van der Waals surface area contributed by atoms with Crippen molar-refractivity contribution < 1.29 is 4.79 Å². The van der Waals surface area contributed by atoms with E-state index in [1.54, 1.807) is 18.5 Å². The number of pyridine rings is 1. The number of carbonyl (C=O) groups is 1. The first-order chi connectivity index (χ1) is 7.56. The predicted octanol–water partition coefficient (Wildman–Crippen LogP) is 2.01. The average Bonchev–Trinajstić information content (AvgIpc) is 2.22. The number of nitrogens with two attached hydrogens (primary N) is 1. The highest BCUT2D eigenvalue weighted by Gasteiger charge is 2.20. The van der Waals surface area contributed by atoms with E-state index in [4.69, 9.17) is 5.73 Å². The van der Waals surface area contributed by atoms with Gasteiger partial charge in [-0.2, -0.15) is 0 Å². The lowest BCUT2D eigenvalue weighted by atomic mass is 9.95. The van der Waals surface area contributed by atoms with Gasteiger partial charge in [0.2, 0.25) is 5.91 Å². The second-order valence-electron chi connectivity index (χ2n) is 3.93. The quantitative estimate of drug-likeness (QED) is 0.889. The van der Waals surface area contributed by atoms with Crippen LogP contribution in [0.25, 0.3) is 0 Å². The highest BCUT2D eigenvalue weighted by Crippen LogP contribution is 2.21. The van der Waals surface area contributed by atoms with Crippen molar-refractivity contribution in [3.63, 3.8) is 0 Å². The molecule has 1 unspecified atom stereocenters. The standard InChI is InChI=1S/C11H16BrN3O/c1-7(2)8(5-13)11(16)15-10-3-4-14-6-9(10)12/h3-4,6-8H,5,13H2,1-2H3,(H,14,15,16). The number of anilines is 1. The van der Waals surface area contributed by atoms with Gasteiger partial charge in [0, 0.05) is 18.9 Å². The summed E-state index contributed by atoms with van der Waals surface area (Å²) in [4.78, 5) is 15.8. The molecule has 0 saturated heterocycles. The zero-order valence-electron chi connectivity index (χ0n) is 9.40. The molecule has 1 heterocycles. The molecular weight excluding hydrogens is 270 g/mol. The Bertz CT molecular complexity index is 368. The van der Waals surface area contributed by atoms with Crippen LogP contribution < -0.4 is 11.1 Å². The van der Waals surface area contributed by atoms with Gasteiger partial charge in [-0.15, -0.1) is 0 Å². The highest BCUT2D eigenvalue weighted by molar-refractivity contribution is 9.10. The van der Waals surface area contributed by atoms with Gasteiger partial charge in [0.05, 0.1) is 16.1 Å². The van der Waals surface area contributed by atoms with Crippen LogP contribution in [-0.2, 0) is 4.79 Å². The van der Waals surface area contributed by atoms with E-state index in [0.717, 1.165) is 10.2 Å². The van der Waals surface area contributed by atoms with Crippen molar-refractivity contribution in [2.75, 3.05) is 11.9 Å². The van der Waals surface area contributed by atoms with Gasteiger partial charge in [-0.25, -0.2) is 0 Å². The first-order valence-electron chi connectivity index (χ1n) is 5.16. The minimum atomic E-state index is -0.167. The topological polar surface area (TPSA) is 68.0 Å².